The second kappa shape index (κ2) is 6.67. The quantitative estimate of drug-likeness (QED) is 0.681. The second-order valence-corrected chi connectivity index (χ2v) is 4.81. The number of Topliss-reactive ketones (excluding diaryl/α,β-unsaturated/α-hetero) is 1. The van der Waals surface area contributed by atoms with Gasteiger partial charge < -0.3 is 0 Å². The number of carbonyl (C=O) groups is 1. The average molecular weight is 222 g/mol. The summed E-state index contributed by atoms with van der Waals surface area (Å²) in [6.45, 7) is 4.22. The Morgan fingerprint density at radius 2 is 1.93 bits per heavy atom. The molecule has 0 spiro atoms. The Morgan fingerprint density at radius 3 is 2.47 bits per heavy atom. The third-order valence-corrected chi connectivity index (χ3v) is 3.84. The number of carbonyl (C=O) groups excluding carboxylic acids is 1. The van der Waals surface area contributed by atoms with Crippen LogP contribution < -0.4 is 0 Å². The monoisotopic (exact) mass is 222 g/mol. The molecule has 82 valence electrons. The summed E-state index contributed by atoms with van der Waals surface area (Å²) in [6, 6.07) is 9.58. The molecule has 0 heterocycles. The molecule has 0 radical (unpaired) electrons. The van der Waals surface area contributed by atoms with E-state index in [0.717, 1.165) is 24.2 Å². The van der Waals surface area contributed by atoms with Crippen LogP contribution in [0.4, 0.5) is 0 Å². The Kier molecular flexibility index (Phi) is 5.48. The molecular weight excluding hydrogens is 204 g/mol. The molecule has 0 amide bonds. The molecule has 15 heavy (non-hydrogen) atoms. The highest BCUT2D eigenvalue weighted by Crippen LogP contribution is 2.20. The van der Waals surface area contributed by atoms with Crippen LogP contribution in [0.1, 0.15) is 37.0 Å². The molecule has 0 fully saturated rings. The second-order valence-electron chi connectivity index (χ2n) is 3.50. The Balaban J connectivity index is 2.65. The van der Waals surface area contributed by atoms with E-state index in [9.17, 15) is 4.79 Å². The first kappa shape index (κ1) is 12.3. The summed E-state index contributed by atoms with van der Waals surface area (Å²) in [5.74, 6) is 1.34. The van der Waals surface area contributed by atoms with Crippen molar-refractivity contribution in [3.63, 3.8) is 0 Å². The highest BCUT2D eigenvalue weighted by atomic mass is 32.2. The van der Waals surface area contributed by atoms with Crippen LogP contribution in [0, 0.1) is 0 Å². The third-order valence-electron chi connectivity index (χ3n) is 2.24. The van der Waals surface area contributed by atoms with E-state index in [1.165, 1.54) is 0 Å². The van der Waals surface area contributed by atoms with E-state index in [2.05, 4.69) is 13.8 Å². The van der Waals surface area contributed by atoms with Gasteiger partial charge in [0, 0.05) is 5.56 Å². The van der Waals surface area contributed by atoms with Gasteiger partial charge in [-0.3, -0.25) is 4.79 Å². The van der Waals surface area contributed by atoms with E-state index in [0.29, 0.717) is 0 Å². The topological polar surface area (TPSA) is 17.1 Å². The molecule has 1 aromatic carbocycles. The highest BCUT2D eigenvalue weighted by Gasteiger charge is 2.17. The molecule has 0 aliphatic rings. The van der Waals surface area contributed by atoms with Crippen LogP contribution in [0.3, 0.4) is 0 Å². The van der Waals surface area contributed by atoms with Crippen molar-refractivity contribution in [3.8, 4) is 0 Å². The van der Waals surface area contributed by atoms with Crippen molar-refractivity contribution in [2.24, 2.45) is 0 Å². The number of hydrogen-bond donors (Lipinski definition) is 0. The molecular formula is C13H18OS. The van der Waals surface area contributed by atoms with Crippen molar-refractivity contribution in [2.45, 2.75) is 31.9 Å². The van der Waals surface area contributed by atoms with Crippen LogP contribution in [0.15, 0.2) is 30.3 Å². The van der Waals surface area contributed by atoms with Crippen molar-refractivity contribution in [1.82, 2.24) is 0 Å². The lowest BCUT2D eigenvalue weighted by Crippen LogP contribution is -2.16. The predicted octanol–water partition coefficient (Wildman–Crippen LogP) is 3.79. The molecule has 1 rings (SSSR count). The fraction of sp³-hybridized carbons (Fsp3) is 0.462. The maximum absolute atomic E-state index is 12.1. The van der Waals surface area contributed by atoms with Crippen LogP contribution in [-0.2, 0) is 0 Å². The number of thioether (sulfide) groups is 1. The zero-order valence-corrected chi connectivity index (χ0v) is 10.2. The summed E-state index contributed by atoms with van der Waals surface area (Å²) in [7, 11) is 0. The Labute approximate surface area is 96.3 Å². The number of rotatable bonds is 6. The molecule has 0 saturated heterocycles. The molecule has 1 atom stereocenters. The van der Waals surface area contributed by atoms with Crippen LogP contribution in [0.5, 0.6) is 0 Å². The van der Waals surface area contributed by atoms with E-state index in [-0.39, 0.29) is 11.0 Å². The highest BCUT2D eigenvalue weighted by molar-refractivity contribution is 8.00. The zero-order valence-electron chi connectivity index (χ0n) is 9.40. The van der Waals surface area contributed by atoms with Gasteiger partial charge in [0.05, 0.1) is 5.25 Å². The fourth-order valence-electron chi connectivity index (χ4n) is 1.43. The van der Waals surface area contributed by atoms with E-state index in [1.54, 1.807) is 11.8 Å². The summed E-state index contributed by atoms with van der Waals surface area (Å²) in [5.41, 5.74) is 0.841. The maximum Gasteiger partial charge on any atom is 0.175 e. The summed E-state index contributed by atoms with van der Waals surface area (Å²) in [4.78, 5) is 12.1. The third kappa shape index (κ3) is 3.71. The molecule has 0 saturated carbocycles. The molecule has 0 bridgehead atoms. The molecule has 0 aromatic heterocycles. The summed E-state index contributed by atoms with van der Waals surface area (Å²) >= 11 is 1.77. The van der Waals surface area contributed by atoms with E-state index in [1.807, 2.05) is 30.3 Å². The molecule has 0 aliphatic heterocycles. The van der Waals surface area contributed by atoms with Gasteiger partial charge in [0.2, 0.25) is 0 Å². The fourth-order valence-corrected chi connectivity index (χ4v) is 2.47. The van der Waals surface area contributed by atoms with E-state index in [4.69, 9.17) is 0 Å². The Morgan fingerprint density at radius 1 is 1.27 bits per heavy atom. The summed E-state index contributed by atoms with van der Waals surface area (Å²) in [6.07, 6.45) is 2.04. The molecule has 2 heteroatoms. The van der Waals surface area contributed by atoms with Crippen LogP contribution in [0.2, 0.25) is 0 Å². The lowest BCUT2D eigenvalue weighted by molar-refractivity contribution is 0.0988. The van der Waals surface area contributed by atoms with Gasteiger partial charge in [-0.1, -0.05) is 44.2 Å². The lowest BCUT2D eigenvalue weighted by Gasteiger charge is -2.12. The number of ketones is 1. The van der Waals surface area contributed by atoms with Crippen LogP contribution in [-0.4, -0.2) is 16.8 Å². The van der Waals surface area contributed by atoms with E-state index < -0.39 is 0 Å². The number of hydrogen-bond acceptors (Lipinski definition) is 2. The predicted molar refractivity (Wildman–Crippen MR) is 67.6 cm³/mol. The van der Waals surface area contributed by atoms with Crippen LogP contribution in [0.25, 0.3) is 0 Å². The van der Waals surface area contributed by atoms with Gasteiger partial charge in [0.1, 0.15) is 0 Å². The first-order chi connectivity index (χ1) is 7.29. The number of benzene rings is 1. The Bertz CT molecular complexity index is 295. The van der Waals surface area contributed by atoms with Gasteiger partial charge in [0.15, 0.2) is 5.78 Å². The van der Waals surface area contributed by atoms with Gasteiger partial charge in [0.25, 0.3) is 0 Å². The van der Waals surface area contributed by atoms with Crippen molar-refractivity contribution < 1.29 is 4.79 Å². The largest absolute Gasteiger partial charge is 0.293 e. The minimum atomic E-state index is 0.132. The standard InChI is InChI=1S/C13H18OS/c1-3-10-15-12(4-2)13(14)11-8-6-5-7-9-11/h5-9,12H,3-4,10H2,1-2H3. The first-order valence-electron chi connectivity index (χ1n) is 5.50. The van der Waals surface area contributed by atoms with Gasteiger partial charge in [-0.15, -0.1) is 0 Å². The first-order valence-corrected chi connectivity index (χ1v) is 6.55. The van der Waals surface area contributed by atoms with Gasteiger partial charge >= 0.3 is 0 Å². The Hall–Kier alpha value is -0.760. The minimum absolute atomic E-state index is 0.132. The van der Waals surface area contributed by atoms with E-state index >= 15 is 0 Å². The van der Waals surface area contributed by atoms with Gasteiger partial charge in [-0.25, -0.2) is 0 Å². The lowest BCUT2D eigenvalue weighted by atomic mass is 10.1. The molecule has 1 aromatic rings. The zero-order chi connectivity index (χ0) is 11.1. The minimum Gasteiger partial charge on any atom is -0.293 e. The summed E-state index contributed by atoms with van der Waals surface area (Å²) in [5, 5.41) is 0.132. The van der Waals surface area contributed by atoms with Crippen molar-refractivity contribution >= 4 is 17.5 Å². The SMILES string of the molecule is CCCSC(CC)C(=O)c1ccccc1. The summed E-state index contributed by atoms with van der Waals surface area (Å²) < 4.78 is 0. The van der Waals surface area contributed by atoms with Crippen molar-refractivity contribution in [1.29, 1.82) is 0 Å². The van der Waals surface area contributed by atoms with Gasteiger partial charge in [-0.05, 0) is 18.6 Å². The van der Waals surface area contributed by atoms with Crippen molar-refractivity contribution in [2.75, 3.05) is 5.75 Å². The molecule has 1 unspecified atom stereocenters. The molecule has 1 nitrogen and oxygen atoms in total. The molecule has 0 aliphatic carbocycles. The van der Waals surface area contributed by atoms with Crippen molar-refractivity contribution in [3.05, 3.63) is 35.9 Å². The normalized spacial score (nSPS) is 12.4. The van der Waals surface area contributed by atoms with Gasteiger partial charge in [-0.2, -0.15) is 11.8 Å². The maximum atomic E-state index is 12.1. The smallest absolute Gasteiger partial charge is 0.175 e. The average Bonchev–Trinajstić information content (AvgIpc) is 2.31. The van der Waals surface area contributed by atoms with Crippen LogP contribution >= 0.6 is 11.8 Å². The molecule has 0 N–H and O–H groups in total.